The highest BCUT2D eigenvalue weighted by atomic mass is 16.1. The van der Waals surface area contributed by atoms with Crippen molar-refractivity contribution in [2.45, 2.75) is 52.0 Å². The number of amides is 1. The highest BCUT2D eigenvalue weighted by molar-refractivity contribution is 5.79. The molecule has 1 saturated carbocycles. The topological polar surface area (TPSA) is 58.1 Å². The van der Waals surface area contributed by atoms with E-state index in [4.69, 9.17) is 0 Å². The van der Waals surface area contributed by atoms with E-state index in [1.165, 1.54) is 25.7 Å². The molecule has 1 N–H and O–H groups in total. The van der Waals surface area contributed by atoms with Crippen LogP contribution in [-0.2, 0) is 11.3 Å². The summed E-state index contributed by atoms with van der Waals surface area (Å²) in [7, 11) is 0. The van der Waals surface area contributed by atoms with Gasteiger partial charge < -0.3 is 10.2 Å². The summed E-state index contributed by atoms with van der Waals surface area (Å²) in [6.07, 6.45) is 6.98. The molecule has 2 heterocycles. The first-order chi connectivity index (χ1) is 10.2. The molecule has 1 aromatic heterocycles. The van der Waals surface area contributed by atoms with Gasteiger partial charge in [0.1, 0.15) is 0 Å². The van der Waals surface area contributed by atoms with E-state index in [2.05, 4.69) is 20.2 Å². The molecule has 0 radical (unpaired) electrons. The molecule has 5 heteroatoms. The van der Waals surface area contributed by atoms with Gasteiger partial charge in [0.2, 0.25) is 11.9 Å². The summed E-state index contributed by atoms with van der Waals surface area (Å²) < 4.78 is 0. The normalized spacial score (nSPS) is 19.2. The summed E-state index contributed by atoms with van der Waals surface area (Å²) >= 11 is 0. The molecule has 0 atom stereocenters. The molecule has 5 nitrogen and oxygen atoms in total. The lowest BCUT2D eigenvalue weighted by Gasteiger charge is -2.27. The number of nitrogens with zero attached hydrogens (tertiary/aromatic N) is 3. The minimum absolute atomic E-state index is 0.178. The van der Waals surface area contributed by atoms with E-state index in [-0.39, 0.29) is 11.8 Å². The highest BCUT2D eigenvalue weighted by Crippen LogP contribution is 2.26. The predicted molar refractivity (Wildman–Crippen MR) is 82.0 cm³/mol. The molecule has 2 fully saturated rings. The third kappa shape index (κ3) is 3.52. The molecule has 21 heavy (non-hydrogen) atoms. The maximum Gasteiger partial charge on any atom is 0.225 e. The molecule has 1 aromatic rings. The van der Waals surface area contributed by atoms with Crippen molar-refractivity contribution in [3.8, 4) is 0 Å². The van der Waals surface area contributed by atoms with Crippen LogP contribution in [0.15, 0.2) is 6.07 Å². The van der Waals surface area contributed by atoms with Crippen LogP contribution < -0.4 is 10.2 Å². The van der Waals surface area contributed by atoms with Gasteiger partial charge in [-0.25, -0.2) is 9.97 Å². The first-order valence-corrected chi connectivity index (χ1v) is 8.09. The van der Waals surface area contributed by atoms with Gasteiger partial charge in [-0.1, -0.05) is 6.42 Å². The van der Waals surface area contributed by atoms with Gasteiger partial charge in [-0.3, -0.25) is 4.79 Å². The van der Waals surface area contributed by atoms with E-state index in [0.717, 1.165) is 43.3 Å². The van der Waals surface area contributed by atoms with Gasteiger partial charge in [-0.2, -0.15) is 0 Å². The molecular formula is C16H24N4O. The lowest BCUT2D eigenvalue weighted by atomic mass is 9.85. The lowest BCUT2D eigenvalue weighted by Crippen LogP contribution is -2.35. The fraction of sp³-hybridized carbons (Fsp3) is 0.688. The lowest BCUT2D eigenvalue weighted by molar-refractivity contribution is -0.127. The standard InChI is InChI=1S/C16H24N4O/c1-12-10-14(11-17-15(21)13-6-5-7-13)19-16(18-12)20-8-3-2-4-9-20/h10,13H,2-9,11H2,1H3,(H,17,21). The third-order valence-electron chi connectivity index (χ3n) is 4.45. The van der Waals surface area contributed by atoms with Crippen LogP contribution in [0.5, 0.6) is 0 Å². The van der Waals surface area contributed by atoms with Crippen LogP contribution in [0.1, 0.15) is 49.9 Å². The first-order valence-electron chi connectivity index (χ1n) is 8.09. The fourth-order valence-electron chi connectivity index (χ4n) is 2.94. The van der Waals surface area contributed by atoms with Gasteiger partial charge >= 0.3 is 0 Å². The van der Waals surface area contributed by atoms with Gasteiger partial charge in [0.05, 0.1) is 12.2 Å². The van der Waals surface area contributed by atoms with Crippen LogP contribution in [-0.4, -0.2) is 29.0 Å². The van der Waals surface area contributed by atoms with Crippen molar-refractivity contribution in [1.82, 2.24) is 15.3 Å². The van der Waals surface area contributed by atoms with Crippen molar-refractivity contribution in [2.75, 3.05) is 18.0 Å². The zero-order valence-corrected chi connectivity index (χ0v) is 12.8. The van der Waals surface area contributed by atoms with Crippen LogP contribution in [0, 0.1) is 12.8 Å². The SMILES string of the molecule is Cc1cc(CNC(=O)C2CCC2)nc(N2CCCCC2)n1. The molecule has 1 saturated heterocycles. The average Bonchev–Trinajstić information content (AvgIpc) is 2.44. The molecule has 3 rings (SSSR count). The molecule has 1 aliphatic carbocycles. The second-order valence-electron chi connectivity index (χ2n) is 6.19. The Labute approximate surface area is 126 Å². The average molecular weight is 288 g/mol. The minimum atomic E-state index is 0.178. The van der Waals surface area contributed by atoms with Gasteiger partial charge in [0.15, 0.2) is 0 Å². The number of aryl methyl sites for hydroxylation is 1. The number of carbonyl (C=O) groups is 1. The van der Waals surface area contributed by atoms with Crippen LogP contribution in [0.25, 0.3) is 0 Å². The van der Waals surface area contributed by atoms with E-state index in [9.17, 15) is 4.79 Å². The van der Waals surface area contributed by atoms with E-state index in [0.29, 0.717) is 6.54 Å². The highest BCUT2D eigenvalue weighted by Gasteiger charge is 2.25. The molecular weight excluding hydrogens is 264 g/mol. The predicted octanol–water partition coefficient (Wildman–Crippen LogP) is 2.19. The zero-order valence-electron chi connectivity index (χ0n) is 12.8. The fourth-order valence-corrected chi connectivity index (χ4v) is 2.94. The van der Waals surface area contributed by atoms with Crippen molar-refractivity contribution in [2.24, 2.45) is 5.92 Å². The van der Waals surface area contributed by atoms with Crippen LogP contribution >= 0.6 is 0 Å². The summed E-state index contributed by atoms with van der Waals surface area (Å²) in [5.74, 6) is 1.23. The summed E-state index contributed by atoms with van der Waals surface area (Å²) in [5.41, 5.74) is 1.88. The Morgan fingerprint density at radius 2 is 2.00 bits per heavy atom. The Morgan fingerprint density at radius 1 is 1.24 bits per heavy atom. The Bertz CT molecular complexity index is 507. The second-order valence-corrected chi connectivity index (χ2v) is 6.19. The quantitative estimate of drug-likeness (QED) is 0.922. The van der Waals surface area contributed by atoms with Gasteiger partial charge in [-0.15, -0.1) is 0 Å². The van der Waals surface area contributed by atoms with Gasteiger partial charge in [0, 0.05) is 24.7 Å². The number of piperidine rings is 1. The largest absolute Gasteiger partial charge is 0.350 e. The number of rotatable bonds is 4. The Kier molecular flexibility index (Phi) is 4.36. The number of hydrogen-bond acceptors (Lipinski definition) is 4. The maximum absolute atomic E-state index is 11.9. The Hall–Kier alpha value is -1.65. The van der Waals surface area contributed by atoms with Crippen molar-refractivity contribution >= 4 is 11.9 Å². The molecule has 0 spiro atoms. The second kappa shape index (κ2) is 6.41. The first kappa shape index (κ1) is 14.3. The van der Waals surface area contributed by atoms with E-state index in [1.807, 2.05) is 13.0 Å². The third-order valence-corrected chi connectivity index (χ3v) is 4.45. The summed E-state index contributed by atoms with van der Waals surface area (Å²) in [5, 5.41) is 3.01. The molecule has 0 aromatic carbocycles. The molecule has 2 aliphatic rings. The van der Waals surface area contributed by atoms with Crippen molar-refractivity contribution in [3.63, 3.8) is 0 Å². The molecule has 0 unspecified atom stereocenters. The summed E-state index contributed by atoms with van der Waals surface area (Å²) in [4.78, 5) is 23.3. The minimum Gasteiger partial charge on any atom is -0.350 e. The van der Waals surface area contributed by atoms with E-state index in [1.54, 1.807) is 0 Å². The number of carbonyl (C=O) groups excluding carboxylic acids is 1. The van der Waals surface area contributed by atoms with E-state index < -0.39 is 0 Å². The molecule has 0 bridgehead atoms. The van der Waals surface area contributed by atoms with Crippen molar-refractivity contribution < 1.29 is 4.79 Å². The molecule has 114 valence electrons. The number of aromatic nitrogens is 2. The summed E-state index contributed by atoms with van der Waals surface area (Å²) in [6.45, 7) is 4.58. The Balaban J connectivity index is 1.64. The monoisotopic (exact) mass is 288 g/mol. The summed E-state index contributed by atoms with van der Waals surface area (Å²) in [6, 6.07) is 1.97. The number of nitrogens with one attached hydrogen (secondary N) is 1. The number of hydrogen-bond donors (Lipinski definition) is 1. The van der Waals surface area contributed by atoms with Crippen LogP contribution in [0.2, 0.25) is 0 Å². The van der Waals surface area contributed by atoms with Crippen molar-refractivity contribution in [3.05, 3.63) is 17.5 Å². The van der Waals surface area contributed by atoms with Crippen LogP contribution in [0.3, 0.4) is 0 Å². The molecule has 1 amide bonds. The van der Waals surface area contributed by atoms with Crippen LogP contribution in [0.4, 0.5) is 5.95 Å². The zero-order chi connectivity index (χ0) is 14.7. The number of anilines is 1. The van der Waals surface area contributed by atoms with Gasteiger partial charge in [0.25, 0.3) is 0 Å². The smallest absolute Gasteiger partial charge is 0.225 e. The van der Waals surface area contributed by atoms with Gasteiger partial charge in [-0.05, 0) is 45.1 Å². The van der Waals surface area contributed by atoms with Crippen molar-refractivity contribution in [1.29, 1.82) is 0 Å². The maximum atomic E-state index is 11.9. The molecule has 1 aliphatic heterocycles. The van der Waals surface area contributed by atoms with E-state index >= 15 is 0 Å². The Morgan fingerprint density at radius 3 is 2.67 bits per heavy atom.